The monoisotopic (exact) mass is 383 g/mol. The first-order chi connectivity index (χ1) is 13.5. The van der Waals surface area contributed by atoms with Crippen LogP contribution >= 0.6 is 0 Å². The van der Waals surface area contributed by atoms with Gasteiger partial charge in [-0.3, -0.25) is 19.7 Å². The molecular weight excluding hydrogens is 366 g/mol. The van der Waals surface area contributed by atoms with Crippen LogP contribution in [0.25, 0.3) is 0 Å². The summed E-state index contributed by atoms with van der Waals surface area (Å²) in [5.74, 6) is 0.760. The van der Waals surface area contributed by atoms with Crippen molar-refractivity contribution in [1.82, 2.24) is 5.32 Å². The molecule has 0 aromatic heterocycles. The first kappa shape index (κ1) is 17.8. The summed E-state index contributed by atoms with van der Waals surface area (Å²) >= 11 is 0. The summed E-state index contributed by atoms with van der Waals surface area (Å²) in [6.45, 7) is 0.932. The Kier molecular flexibility index (Phi) is 4.56. The highest BCUT2D eigenvalue weighted by molar-refractivity contribution is 5.97. The molecule has 0 bridgehead atoms. The van der Waals surface area contributed by atoms with Gasteiger partial charge in [-0.05, 0) is 18.2 Å². The van der Waals surface area contributed by atoms with Gasteiger partial charge in [0.15, 0.2) is 11.5 Å². The number of rotatable bonds is 5. The van der Waals surface area contributed by atoms with Gasteiger partial charge >= 0.3 is 0 Å². The van der Waals surface area contributed by atoms with E-state index in [1.165, 1.54) is 24.3 Å². The molecule has 2 aliphatic heterocycles. The van der Waals surface area contributed by atoms with E-state index in [2.05, 4.69) is 5.32 Å². The van der Waals surface area contributed by atoms with E-state index in [0.717, 1.165) is 5.69 Å². The maximum Gasteiger partial charge on any atom is 0.270 e. The van der Waals surface area contributed by atoms with Gasteiger partial charge < -0.3 is 19.7 Å². The zero-order valence-corrected chi connectivity index (χ0v) is 14.8. The maximum absolute atomic E-state index is 12.4. The molecule has 0 aliphatic carbocycles. The Morgan fingerprint density at radius 2 is 2.04 bits per heavy atom. The van der Waals surface area contributed by atoms with E-state index in [-0.39, 0.29) is 29.9 Å². The van der Waals surface area contributed by atoms with E-state index in [4.69, 9.17) is 9.47 Å². The molecule has 2 aromatic rings. The molecule has 144 valence electrons. The lowest BCUT2D eigenvalue weighted by Gasteiger charge is -2.17. The van der Waals surface area contributed by atoms with E-state index in [0.29, 0.717) is 31.0 Å². The van der Waals surface area contributed by atoms with Crippen LogP contribution < -0.4 is 19.7 Å². The first-order valence-electron chi connectivity index (χ1n) is 8.74. The smallest absolute Gasteiger partial charge is 0.270 e. The van der Waals surface area contributed by atoms with Crippen LogP contribution in [-0.2, 0) is 4.79 Å². The number of fused-ring (bicyclic) bond motifs is 1. The van der Waals surface area contributed by atoms with Crippen molar-refractivity contribution in [3.8, 4) is 11.5 Å². The Morgan fingerprint density at radius 1 is 1.21 bits per heavy atom. The fourth-order valence-electron chi connectivity index (χ4n) is 3.32. The molecule has 1 unspecified atom stereocenters. The molecule has 9 heteroatoms. The van der Waals surface area contributed by atoms with Crippen LogP contribution in [0.2, 0.25) is 0 Å². The minimum Gasteiger partial charge on any atom is -0.454 e. The first-order valence-corrected chi connectivity index (χ1v) is 8.74. The minimum atomic E-state index is -0.546. The van der Waals surface area contributed by atoms with Crippen molar-refractivity contribution in [2.45, 2.75) is 6.42 Å². The molecule has 2 aliphatic rings. The third kappa shape index (κ3) is 3.46. The topological polar surface area (TPSA) is 111 Å². The molecular formula is C19H17N3O6. The highest BCUT2D eigenvalue weighted by Gasteiger charge is 2.31. The average Bonchev–Trinajstić information content (AvgIpc) is 3.31. The maximum atomic E-state index is 12.4. The lowest BCUT2D eigenvalue weighted by Crippen LogP contribution is -2.31. The standard InChI is InChI=1S/C19H17N3O6/c23-18-6-12(9-20-19(24)13-2-1-3-15(7-13)22(25)26)10-21(18)14-4-5-16-17(8-14)28-11-27-16/h1-5,7-8,12H,6,9-11H2,(H,20,24). The van der Waals surface area contributed by atoms with Crippen LogP contribution in [0.3, 0.4) is 0 Å². The van der Waals surface area contributed by atoms with Gasteiger partial charge in [0, 0.05) is 54.9 Å². The summed E-state index contributed by atoms with van der Waals surface area (Å²) in [7, 11) is 0. The number of carbonyl (C=O) groups excluding carboxylic acids is 2. The number of carbonyl (C=O) groups is 2. The summed E-state index contributed by atoms with van der Waals surface area (Å²) < 4.78 is 10.6. The quantitative estimate of drug-likeness (QED) is 0.625. The van der Waals surface area contributed by atoms with Crippen molar-refractivity contribution in [1.29, 1.82) is 0 Å². The van der Waals surface area contributed by atoms with Crippen molar-refractivity contribution in [2.24, 2.45) is 5.92 Å². The molecule has 4 rings (SSSR count). The molecule has 1 N–H and O–H groups in total. The molecule has 0 radical (unpaired) electrons. The van der Waals surface area contributed by atoms with Crippen molar-refractivity contribution in [3.05, 3.63) is 58.1 Å². The number of benzene rings is 2. The van der Waals surface area contributed by atoms with Crippen molar-refractivity contribution in [3.63, 3.8) is 0 Å². The van der Waals surface area contributed by atoms with E-state index in [1.54, 1.807) is 23.1 Å². The summed E-state index contributed by atoms with van der Waals surface area (Å²) in [5.41, 5.74) is 0.797. The predicted molar refractivity (Wildman–Crippen MR) is 98.5 cm³/mol. The Bertz CT molecular complexity index is 960. The van der Waals surface area contributed by atoms with E-state index in [1.807, 2.05) is 0 Å². The number of non-ortho nitro benzene ring substituents is 1. The van der Waals surface area contributed by atoms with Crippen LogP contribution in [0.5, 0.6) is 11.5 Å². The van der Waals surface area contributed by atoms with E-state index >= 15 is 0 Å². The van der Waals surface area contributed by atoms with Crippen LogP contribution in [0.1, 0.15) is 16.8 Å². The summed E-state index contributed by atoms with van der Waals surface area (Å²) in [6, 6.07) is 10.9. The van der Waals surface area contributed by atoms with Gasteiger partial charge in [0.05, 0.1) is 4.92 Å². The Balaban J connectivity index is 1.38. The van der Waals surface area contributed by atoms with Crippen molar-refractivity contribution >= 4 is 23.2 Å². The molecule has 28 heavy (non-hydrogen) atoms. The Hall–Kier alpha value is -3.62. The van der Waals surface area contributed by atoms with Crippen LogP contribution in [0.15, 0.2) is 42.5 Å². The second-order valence-corrected chi connectivity index (χ2v) is 6.63. The highest BCUT2D eigenvalue weighted by atomic mass is 16.7. The Morgan fingerprint density at radius 3 is 2.86 bits per heavy atom. The lowest BCUT2D eigenvalue weighted by molar-refractivity contribution is -0.384. The fourth-order valence-corrected chi connectivity index (χ4v) is 3.32. The number of nitrogens with zero attached hydrogens (tertiary/aromatic N) is 2. The summed E-state index contributed by atoms with van der Waals surface area (Å²) in [4.78, 5) is 36.6. The molecule has 1 fully saturated rings. The number of nitrogens with one attached hydrogen (secondary N) is 1. The Labute approximate surface area is 160 Å². The zero-order valence-electron chi connectivity index (χ0n) is 14.8. The number of nitro benzene ring substituents is 1. The number of ether oxygens (including phenoxy) is 2. The molecule has 0 saturated carbocycles. The second kappa shape index (κ2) is 7.18. The minimum absolute atomic E-state index is 0.0338. The molecule has 1 atom stereocenters. The van der Waals surface area contributed by atoms with Crippen molar-refractivity contribution < 1.29 is 24.0 Å². The average molecular weight is 383 g/mol. The normalized spacial score (nSPS) is 17.6. The molecule has 2 heterocycles. The largest absolute Gasteiger partial charge is 0.454 e. The number of nitro groups is 1. The van der Waals surface area contributed by atoms with Crippen molar-refractivity contribution in [2.75, 3.05) is 24.8 Å². The summed E-state index contributed by atoms with van der Waals surface area (Å²) in [6.07, 6.45) is 0.309. The van der Waals surface area contributed by atoms with Crippen LogP contribution in [0, 0.1) is 16.0 Å². The highest BCUT2D eigenvalue weighted by Crippen LogP contribution is 2.37. The van der Waals surface area contributed by atoms with Gasteiger partial charge in [0.25, 0.3) is 11.6 Å². The van der Waals surface area contributed by atoms with Gasteiger partial charge in [-0.1, -0.05) is 6.07 Å². The molecule has 2 aromatic carbocycles. The van der Waals surface area contributed by atoms with Crippen LogP contribution in [0.4, 0.5) is 11.4 Å². The van der Waals surface area contributed by atoms with Crippen LogP contribution in [-0.4, -0.2) is 36.6 Å². The van der Waals surface area contributed by atoms with Gasteiger partial charge in [0.1, 0.15) is 0 Å². The third-order valence-corrected chi connectivity index (χ3v) is 4.74. The molecule has 1 saturated heterocycles. The number of amides is 2. The molecule has 0 spiro atoms. The number of hydrogen-bond donors (Lipinski definition) is 1. The SMILES string of the molecule is O=C(NCC1CC(=O)N(c2ccc3c(c2)OCO3)C1)c1cccc([N+](=O)[O-])c1. The number of anilines is 1. The van der Waals surface area contributed by atoms with Gasteiger partial charge in [-0.2, -0.15) is 0 Å². The second-order valence-electron chi connectivity index (χ2n) is 6.63. The van der Waals surface area contributed by atoms with Gasteiger partial charge in [-0.15, -0.1) is 0 Å². The van der Waals surface area contributed by atoms with Gasteiger partial charge in [0.2, 0.25) is 12.7 Å². The van der Waals surface area contributed by atoms with E-state index in [9.17, 15) is 19.7 Å². The van der Waals surface area contributed by atoms with E-state index < -0.39 is 10.8 Å². The third-order valence-electron chi connectivity index (χ3n) is 4.74. The predicted octanol–water partition coefficient (Wildman–Crippen LogP) is 2.11. The number of hydrogen-bond acceptors (Lipinski definition) is 6. The fraction of sp³-hybridized carbons (Fsp3) is 0.263. The molecule has 2 amide bonds. The van der Waals surface area contributed by atoms with Gasteiger partial charge in [-0.25, -0.2) is 0 Å². The lowest BCUT2D eigenvalue weighted by atomic mass is 10.1. The zero-order chi connectivity index (χ0) is 19.7. The summed E-state index contributed by atoms with van der Waals surface area (Å²) in [5, 5.41) is 13.6. The molecule has 9 nitrogen and oxygen atoms in total.